The van der Waals surface area contributed by atoms with Crippen molar-refractivity contribution in [1.29, 1.82) is 0 Å². The van der Waals surface area contributed by atoms with E-state index in [1.807, 2.05) is 12.1 Å². The van der Waals surface area contributed by atoms with E-state index in [-0.39, 0.29) is 0 Å². The summed E-state index contributed by atoms with van der Waals surface area (Å²) in [5, 5.41) is 3.49. The van der Waals surface area contributed by atoms with E-state index in [1.165, 1.54) is 24.5 Å². The molecule has 1 fully saturated rings. The van der Waals surface area contributed by atoms with Crippen molar-refractivity contribution in [3.05, 3.63) is 24.2 Å². The Balaban J connectivity index is 1.55. The van der Waals surface area contributed by atoms with Gasteiger partial charge in [-0.1, -0.05) is 0 Å². The number of thioether (sulfide) groups is 1. The van der Waals surface area contributed by atoms with Crippen LogP contribution in [0.25, 0.3) is 0 Å². The third-order valence-corrected chi connectivity index (χ3v) is 3.82. The van der Waals surface area contributed by atoms with E-state index in [2.05, 4.69) is 17.1 Å². The normalized spacial score (nSPS) is 21.6. The van der Waals surface area contributed by atoms with Crippen LogP contribution < -0.4 is 5.32 Å². The summed E-state index contributed by atoms with van der Waals surface area (Å²) in [6.45, 7) is 2.21. The molecule has 0 saturated carbocycles. The Bertz CT molecular complexity index is 242. The lowest BCUT2D eigenvalue weighted by molar-refractivity contribution is 0.480. The van der Waals surface area contributed by atoms with Gasteiger partial charge in [-0.15, -0.1) is 0 Å². The number of hydrogen-bond acceptors (Lipinski definition) is 3. The van der Waals surface area contributed by atoms with Gasteiger partial charge in [-0.2, -0.15) is 11.8 Å². The van der Waals surface area contributed by atoms with Crippen molar-refractivity contribution in [2.24, 2.45) is 5.92 Å². The zero-order chi connectivity index (χ0) is 9.64. The van der Waals surface area contributed by atoms with Gasteiger partial charge in [0.15, 0.2) is 0 Å². The minimum absolute atomic E-state index is 0.900. The number of furan rings is 1. The highest BCUT2D eigenvalue weighted by Crippen LogP contribution is 2.22. The molecule has 14 heavy (non-hydrogen) atoms. The lowest BCUT2D eigenvalue weighted by atomic mass is 10.1. The average Bonchev–Trinajstić information content (AvgIpc) is 2.86. The van der Waals surface area contributed by atoms with E-state index in [9.17, 15) is 0 Å². The Hall–Kier alpha value is -0.410. The van der Waals surface area contributed by atoms with Crippen molar-refractivity contribution >= 4 is 11.8 Å². The first-order valence-corrected chi connectivity index (χ1v) is 6.41. The molecular weight excluding hydrogens is 194 g/mol. The van der Waals surface area contributed by atoms with Crippen LogP contribution in [0, 0.1) is 5.92 Å². The molecule has 1 aromatic heterocycles. The summed E-state index contributed by atoms with van der Waals surface area (Å²) in [7, 11) is 0. The number of hydrogen-bond donors (Lipinski definition) is 1. The Labute approximate surface area is 89.4 Å². The van der Waals surface area contributed by atoms with Crippen LogP contribution in [0.3, 0.4) is 0 Å². The van der Waals surface area contributed by atoms with E-state index < -0.39 is 0 Å². The summed E-state index contributed by atoms with van der Waals surface area (Å²) in [5.74, 6) is 4.67. The second-order valence-electron chi connectivity index (χ2n) is 3.76. The molecule has 1 atom stereocenters. The average molecular weight is 211 g/mol. The van der Waals surface area contributed by atoms with Crippen molar-refractivity contribution < 1.29 is 4.42 Å². The van der Waals surface area contributed by atoms with Gasteiger partial charge in [-0.25, -0.2) is 0 Å². The fraction of sp³-hybridized carbons (Fsp3) is 0.636. The summed E-state index contributed by atoms with van der Waals surface area (Å²) in [6.07, 6.45) is 4.13. The predicted molar refractivity (Wildman–Crippen MR) is 60.7 cm³/mol. The minimum Gasteiger partial charge on any atom is -0.469 e. The molecule has 0 aliphatic carbocycles. The summed E-state index contributed by atoms with van der Waals surface area (Å²) < 4.78 is 5.26. The van der Waals surface area contributed by atoms with E-state index in [4.69, 9.17) is 4.42 Å². The van der Waals surface area contributed by atoms with Gasteiger partial charge in [0.2, 0.25) is 0 Å². The van der Waals surface area contributed by atoms with Crippen molar-refractivity contribution in [3.8, 4) is 0 Å². The first kappa shape index (κ1) is 10.1. The Morgan fingerprint density at radius 1 is 1.57 bits per heavy atom. The van der Waals surface area contributed by atoms with Gasteiger partial charge in [0.25, 0.3) is 0 Å². The number of rotatable bonds is 5. The third-order valence-electron chi connectivity index (χ3n) is 2.59. The zero-order valence-electron chi connectivity index (χ0n) is 8.37. The molecule has 2 heterocycles. The molecule has 0 radical (unpaired) electrons. The lowest BCUT2D eigenvalue weighted by Crippen LogP contribution is -2.24. The second kappa shape index (κ2) is 5.47. The topological polar surface area (TPSA) is 25.2 Å². The first-order chi connectivity index (χ1) is 6.95. The van der Waals surface area contributed by atoms with E-state index in [0.717, 1.165) is 24.6 Å². The minimum atomic E-state index is 0.900. The third kappa shape index (κ3) is 3.07. The van der Waals surface area contributed by atoms with Gasteiger partial charge in [-0.3, -0.25) is 0 Å². The van der Waals surface area contributed by atoms with Gasteiger partial charge in [0.1, 0.15) is 5.76 Å². The molecular formula is C11H17NOS. The standard InChI is InChI=1S/C11H17NOS/c1-2-11(13-6-1)3-5-12-8-10-4-7-14-9-10/h1-2,6,10,12H,3-5,7-9H2. The number of nitrogens with one attached hydrogen (secondary N) is 1. The summed E-state index contributed by atoms with van der Waals surface area (Å²) in [5.41, 5.74) is 0. The molecule has 1 aromatic rings. The Morgan fingerprint density at radius 2 is 2.57 bits per heavy atom. The quantitative estimate of drug-likeness (QED) is 0.756. The van der Waals surface area contributed by atoms with Gasteiger partial charge in [-0.05, 0) is 42.5 Å². The van der Waals surface area contributed by atoms with E-state index in [1.54, 1.807) is 6.26 Å². The fourth-order valence-corrected chi connectivity index (χ4v) is 3.00. The van der Waals surface area contributed by atoms with Crippen LogP contribution in [0.4, 0.5) is 0 Å². The van der Waals surface area contributed by atoms with Crippen LogP contribution in [0.2, 0.25) is 0 Å². The maximum Gasteiger partial charge on any atom is 0.105 e. The van der Waals surface area contributed by atoms with E-state index >= 15 is 0 Å². The molecule has 3 heteroatoms. The molecule has 1 saturated heterocycles. The van der Waals surface area contributed by atoms with Crippen LogP contribution in [0.5, 0.6) is 0 Å². The van der Waals surface area contributed by atoms with E-state index in [0.29, 0.717) is 0 Å². The van der Waals surface area contributed by atoms with Crippen molar-refractivity contribution in [1.82, 2.24) is 5.32 Å². The largest absolute Gasteiger partial charge is 0.469 e. The molecule has 0 spiro atoms. The van der Waals surface area contributed by atoms with Gasteiger partial charge in [0, 0.05) is 13.0 Å². The van der Waals surface area contributed by atoms with Gasteiger partial charge >= 0.3 is 0 Å². The van der Waals surface area contributed by atoms with Crippen molar-refractivity contribution in [2.75, 3.05) is 24.6 Å². The zero-order valence-corrected chi connectivity index (χ0v) is 9.19. The van der Waals surface area contributed by atoms with Gasteiger partial charge < -0.3 is 9.73 Å². The van der Waals surface area contributed by atoms with Crippen molar-refractivity contribution in [3.63, 3.8) is 0 Å². The molecule has 0 bridgehead atoms. The summed E-state index contributed by atoms with van der Waals surface area (Å²) in [4.78, 5) is 0. The SMILES string of the molecule is c1coc(CCNCC2CCSC2)c1. The van der Waals surface area contributed by atoms with Crippen LogP contribution >= 0.6 is 11.8 Å². The van der Waals surface area contributed by atoms with Crippen LogP contribution in [-0.2, 0) is 6.42 Å². The molecule has 2 nitrogen and oxygen atoms in total. The van der Waals surface area contributed by atoms with Crippen LogP contribution in [-0.4, -0.2) is 24.6 Å². The molecule has 0 amide bonds. The van der Waals surface area contributed by atoms with Crippen LogP contribution in [0.1, 0.15) is 12.2 Å². The molecule has 0 aromatic carbocycles. The molecule has 2 rings (SSSR count). The fourth-order valence-electron chi connectivity index (χ4n) is 1.72. The smallest absolute Gasteiger partial charge is 0.105 e. The molecule has 1 aliphatic rings. The predicted octanol–water partition coefficient (Wildman–Crippen LogP) is 2.16. The highest BCUT2D eigenvalue weighted by molar-refractivity contribution is 7.99. The molecule has 78 valence electrons. The maximum absolute atomic E-state index is 5.26. The molecule has 1 unspecified atom stereocenters. The summed E-state index contributed by atoms with van der Waals surface area (Å²) in [6, 6.07) is 3.98. The summed E-state index contributed by atoms with van der Waals surface area (Å²) >= 11 is 2.08. The highest BCUT2D eigenvalue weighted by atomic mass is 32.2. The highest BCUT2D eigenvalue weighted by Gasteiger charge is 2.14. The first-order valence-electron chi connectivity index (χ1n) is 5.26. The monoisotopic (exact) mass is 211 g/mol. The molecule has 1 aliphatic heterocycles. The Kier molecular flexibility index (Phi) is 3.95. The van der Waals surface area contributed by atoms with Crippen molar-refractivity contribution in [2.45, 2.75) is 12.8 Å². The van der Waals surface area contributed by atoms with Crippen LogP contribution in [0.15, 0.2) is 22.8 Å². The maximum atomic E-state index is 5.26. The van der Waals surface area contributed by atoms with Gasteiger partial charge in [0.05, 0.1) is 6.26 Å². The lowest BCUT2D eigenvalue weighted by Gasteiger charge is -2.08. The second-order valence-corrected chi connectivity index (χ2v) is 4.91. The Morgan fingerprint density at radius 3 is 3.29 bits per heavy atom. The molecule has 1 N–H and O–H groups in total.